The van der Waals surface area contributed by atoms with E-state index in [9.17, 15) is 14.4 Å². The second-order valence-corrected chi connectivity index (χ2v) is 6.25. The lowest BCUT2D eigenvalue weighted by atomic mass is 10.0. The third-order valence-electron chi connectivity index (χ3n) is 4.45. The van der Waals surface area contributed by atoms with Crippen molar-refractivity contribution in [1.82, 2.24) is 10.2 Å². The fourth-order valence-electron chi connectivity index (χ4n) is 2.96. The smallest absolute Gasteiger partial charge is 0.337 e. The Kier molecular flexibility index (Phi) is 5.75. The Balaban J connectivity index is 1.45. The van der Waals surface area contributed by atoms with E-state index in [2.05, 4.69) is 15.4 Å². The van der Waals surface area contributed by atoms with Gasteiger partial charge in [0.15, 0.2) is 0 Å². The van der Waals surface area contributed by atoms with Gasteiger partial charge in [-0.1, -0.05) is 0 Å². The molecule has 1 aliphatic rings. The second-order valence-electron chi connectivity index (χ2n) is 6.25. The molecule has 1 saturated heterocycles. The molecule has 1 fully saturated rings. The number of methoxy groups -OCH3 is 1. The summed E-state index contributed by atoms with van der Waals surface area (Å²) in [5, 5.41) is 5.65. The lowest BCUT2D eigenvalue weighted by Crippen LogP contribution is -2.47. The van der Waals surface area contributed by atoms with Gasteiger partial charge in [0.1, 0.15) is 6.26 Å². The van der Waals surface area contributed by atoms with Gasteiger partial charge in [-0.05, 0) is 43.2 Å². The molecular weight excluding hydrogens is 350 g/mol. The normalized spacial score (nSPS) is 14.5. The SMILES string of the molecule is COC(=O)c1ccc(NC(=O)NC2CCN(C(=O)c3ccoc3)CC2)cc1. The molecule has 8 nitrogen and oxygen atoms in total. The van der Waals surface area contributed by atoms with Gasteiger partial charge in [-0.15, -0.1) is 0 Å². The summed E-state index contributed by atoms with van der Waals surface area (Å²) in [6, 6.07) is 7.76. The van der Waals surface area contributed by atoms with E-state index in [1.54, 1.807) is 35.2 Å². The first-order chi connectivity index (χ1) is 13.1. The zero-order valence-electron chi connectivity index (χ0n) is 14.9. The first-order valence-corrected chi connectivity index (χ1v) is 8.64. The lowest BCUT2D eigenvalue weighted by Gasteiger charge is -2.32. The van der Waals surface area contributed by atoms with Gasteiger partial charge >= 0.3 is 12.0 Å². The van der Waals surface area contributed by atoms with Crippen LogP contribution in [0.1, 0.15) is 33.6 Å². The van der Waals surface area contributed by atoms with Crippen LogP contribution in [-0.4, -0.2) is 49.0 Å². The highest BCUT2D eigenvalue weighted by atomic mass is 16.5. The average molecular weight is 371 g/mol. The van der Waals surface area contributed by atoms with Crippen molar-refractivity contribution < 1.29 is 23.5 Å². The lowest BCUT2D eigenvalue weighted by molar-refractivity contribution is 0.0600. The summed E-state index contributed by atoms with van der Waals surface area (Å²) < 4.78 is 9.58. The second kappa shape index (κ2) is 8.39. The summed E-state index contributed by atoms with van der Waals surface area (Å²) >= 11 is 0. The van der Waals surface area contributed by atoms with E-state index in [1.165, 1.54) is 19.6 Å². The van der Waals surface area contributed by atoms with Crippen molar-refractivity contribution >= 4 is 23.6 Å². The molecule has 0 bridgehead atoms. The van der Waals surface area contributed by atoms with Crippen LogP contribution in [0.2, 0.25) is 0 Å². The third kappa shape index (κ3) is 4.66. The topological polar surface area (TPSA) is 101 Å². The highest BCUT2D eigenvalue weighted by molar-refractivity contribution is 5.94. The Bertz CT molecular complexity index is 793. The van der Waals surface area contributed by atoms with E-state index >= 15 is 0 Å². The average Bonchev–Trinajstić information content (AvgIpc) is 3.23. The number of piperidine rings is 1. The summed E-state index contributed by atoms with van der Waals surface area (Å²) in [6.07, 6.45) is 4.27. The first-order valence-electron chi connectivity index (χ1n) is 8.64. The van der Waals surface area contributed by atoms with E-state index in [1.807, 2.05) is 0 Å². The predicted octanol–water partition coefficient (Wildman–Crippen LogP) is 2.49. The van der Waals surface area contributed by atoms with Crippen LogP contribution in [-0.2, 0) is 4.74 Å². The van der Waals surface area contributed by atoms with E-state index in [0.717, 1.165) is 0 Å². The number of urea groups is 1. The molecule has 27 heavy (non-hydrogen) atoms. The van der Waals surface area contributed by atoms with Crippen molar-refractivity contribution in [2.45, 2.75) is 18.9 Å². The van der Waals surface area contributed by atoms with Crippen molar-refractivity contribution in [3.8, 4) is 0 Å². The quantitative estimate of drug-likeness (QED) is 0.804. The van der Waals surface area contributed by atoms with Crippen LogP contribution < -0.4 is 10.6 Å². The summed E-state index contributed by atoms with van der Waals surface area (Å²) in [5.74, 6) is -0.486. The van der Waals surface area contributed by atoms with E-state index < -0.39 is 5.97 Å². The van der Waals surface area contributed by atoms with Gasteiger partial charge in [-0.2, -0.15) is 0 Å². The number of rotatable bonds is 4. The van der Waals surface area contributed by atoms with E-state index in [-0.39, 0.29) is 18.0 Å². The molecule has 2 N–H and O–H groups in total. The maximum absolute atomic E-state index is 12.3. The van der Waals surface area contributed by atoms with Crippen LogP contribution in [0.3, 0.4) is 0 Å². The van der Waals surface area contributed by atoms with Crippen molar-refractivity contribution in [1.29, 1.82) is 0 Å². The van der Waals surface area contributed by atoms with Crippen molar-refractivity contribution in [2.75, 3.05) is 25.5 Å². The van der Waals surface area contributed by atoms with Gasteiger partial charge in [0.2, 0.25) is 0 Å². The molecule has 1 aromatic carbocycles. The van der Waals surface area contributed by atoms with Gasteiger partial charge in [-0.25, -0.2) is 9.59 Å². The Labute approximate surface area is 156 Å². The third-order valence-corrected chi connectivity index (χ3v) is 4.45. The number of hydrogen-bond donors (Lipinski definition) is 2. The number of hydrogen-bond acceptors (Lipinski definition) is 5. The van der Waals surface area contributed by atoms with Crippen molar-refractivity contribution in [3.63, 3.8) is 0 Å². The number of carbonyl (C=O) groups excluding carboxylic acids is 3. The molecule has 1 aromatic heterocycles. The zero-order valence-corrected chi connectivity index (χ0v) is 14.9. The molecular formula is C19H21N3O5. The zero-order chi connectivity index (χ0) is 19.2. The van der Waals surface area contributed by atoms with E-state index in [4.69, 9.17) is 4.42 Å². The number of furan rings is 1. The van der Waals surface area contributed by atoms with Crippen molar-refractivity contribution in [3.05, 3.63) is 54.0 Å². The maximum atomic E-state index is 12.3. The Hall–Kier alpha value is -3.29. The number of esters is 1. The van der Waals surface area contributed by atoms with Crippen LogP contribution in [0.5, 0.6) is 0 Å². The van der Waals surface area contributed by atoms with Gasteiger partial charge in [0, 0.05) is 24.8 Å². The van der Waals surface area contributed by atoms with Gasteiger partial charge in [0.25, 0.3) is 5.91 Å². The summed E-state index contributed by atoms with van der Waals surface area (Å²) in [7, 11) is 1.32. The Morgan fingerprint density at radius 1 is 1.07 bits per heavy atom. The van der Waals surface area contributed by atoms with E-state index in [0.29, 0.717) is 42.7 Å². The fourth-order valence-corrected chi connectivity index (χ4v) is 2.96. The van der Waals surface area contributed by atoms with Crippen LogP contribution in [0, 0.1) is 0 Å². The van der Waals surface area contributed by atoms with Crippen LogP contribution >= 0.6 is 0 Å². The Morgan fingerprint density at radius 3 is 2.37 bits per heavy atom. The summed E-state index contributed by atoms with van der Waals surface area (Å²) in [4.78, 5) is 37.6. The van der Waals surface area contributed by atoms with Gasteiger partial charge in [-0.3, -0.25) is 4.79 Å². The molecule has 0 spiro atoms. The molecule has 0 radical (unpaired) electrons. The van der Waals surface area contributed by atoms with Crippen molar-refractivity contribution in [2.24, 2.45) is 0 Å². The molecule has 0 atom stereocenters. The largest absolute Gasteiger partial charge is 0.472 e. The molecule has 2 heterocycles. The monoisotopic (exact) mass is 371 g/mol. The molecule has 2 aromatic rings. The number of anilines is 1. The number of likely N-dealkylation sites (tertiary alicyclic amines) is 1. The number of nitrogens with one attached hydrogen (secondary N) is 2. The minimum absolute atomic E-state index is 0.00672. The number of carbonyl (C=O) groups is 3. The van der Waals surface area contributed by atoms with Crippen LogP contribution in [0.4, 0.5) is 10.5 Å². The molecule has 8 heteroatoms. The number of ether oxygens (including phenoxy) is 1. The molecule has 0 aliphatic carbocycles. The molecule has 3 rings (SSSR count). The summed E-state index contributed by atoms with van der Waals surface area (Å²) in [5.41, 5.74) is 1.53. The van der Waals surface area contributed by atoms with Crippen LogP contribution in [0.25, 0.3) is 0 Å². The van der Waals surface area contributed by atoms with Crippen LogP contribution in [0.15, 0.2) is 47.3 Å². The molecule has 3 amide bonds. The number of nitrogens with zero attached hydrogens (tertiary/aromatic N) is 1. The summed E-state index contributed by atoms with van der Waals surface area (Å²) in [6.45, 7) is 1.14. The number of benzene rings is 1. The standard InChI is InChI=1S/C19H21N3O5/c1-26-18(24)13-2-4-15(5-3-13)20-19(25)21-16-6-9-22(10-7-16)17(23)14-8-11-27-12-14/h2-5,8,11-12,16H,6-7,9-10H2,1H3,(H2,20,21,25). The molecule has 1 aliphatic heterocycles. The fraction of sp³-hybridized carbons (Fsp3) is 0.316. The van der Waals surface area contributed by atoms with Gasteiger partial charge in [0.05, 0.1) is 24.5 Å². The van der Waals surface area contributed by atoms with Gasteiger partial charge < -0.3 is 24.7 Å². The number of amides is 3. The highest BCUT2D eigenvalue weighted by Crippen LogP contribution is 2.15. The Morgan fingerprint density at radius 2 is 1.78 bits per heavy atom. The minimum Gasteiger partial charge on any atom is -0.472 e. The minimum atomic E-state index is -0.428. The molecule has 0 saturated carbocycles. The highest BCUT2D eigenvalue weighted by Gasteiger charge is 2.25. The first kappa shape index (κ1) is 18.5. The molecule has 142 valence electrons. The molecule has 0 unspecified atom stereocenters. The maximum Gasteiger partial charge on any atom is 0.337 e. The predicted molar refractivity (Wildman–Crippen MR) is 97.6 cm³/mol.